The Morgan fingerprint density at radius 3 is 2.62 bits per heavy atom. The zero-order valence-electron chi connectivity index (χ0n) is 12.5. The number of rotatable bonds is 6. The van der Waals surface area contributed by atoms with Gasteiger partial charge in [0.05, 0.1) is 34.7 Å². The van der Waals surface area contributed by atoms with Crippen molar-refractivity contribution >= 4 is 15.9 Å². The SMILES string of the molecule is CCc1nn(CC)c(CC(N)c2ccc(OC)nn2)c1Br. The van der Waals surface area contributed by atoms with Crippen molar-refractivity contribution in [2.45, 2.75) is 39.3 Å². The highest BCUT2D eigenvalue weighted by Crippen LogP contribution is 2.26. The van der Waals surface area contributed by atoms with E-state index in [1.807, 2.05) is 10.7 Å². The Labute approximate surface area is 132 Å². The van der Waals surface area contributed by atoms with Gasteiger partial charge < -0.3 is 10.5 Å². The fourth-order valence-electron chi connectivity index (χ4n) is 2.16. The number of aromatic nitrogens is 4. The van der Waals surface area contributed by atoms with Crippen molar-refractivity contribution < 1.29 is 4.74 Å². The standard InChI is InChI=1S/C14H20BrN5O/c1-4-10-14(15)12(20(5-2)19-10)8-9(16)11-6-7-13(21-3)18-17-11/h6-7,9H,4-5,8,16H2,1-3H3. The lowest BCUT2D eigenvalue weighted by molar-refractivity contribution is 0.390. The first-order chi connectivity index (χ1) is 10.1. The number of nitrogens with two attached hydrogens (primary N) is 1. The number of ether oxygens (including phenoxy) is 1. The van der Waals surface area contributed by atoms with Crippen LogP contribution in [-0.4, -0.2) is 27.1 Å². The van der Waals surface area contributed by atoms with Crippen LogP contribution in [0.5, 0.6) is 5.88 Å². The summed E-state index contributed by atoms with van der Waals surface area (Å²) in [5.74, 6) is 0.485. The summed E-state index contributed by atoms with van der Waals surface area (Å²) < 4.78 is 8.04. The van der Waals surface area contributed by atoms with E-state index in [2.05, 4.69) is 45.1 Å². The van der Waals surface area contributed by atoms with Crippen LogP contribution in [0.15, 0.2) is 16.6 Å². The topological polar surface area (TPSA) is 78.9 Å². The molecule has 0 saturated heterocycles. The van der Waals surface area contributed by atoms with Gasteiger partial charge in [0, 0.05) is 19.0 Å². The summed E-state index contributed by atoms with van der Waals surface area (Å²) in [5, 5.41) is 12.7. The summed E-state index contributed by atoms with van der Waals surface area (Å²) >= 11 is 3.63. The zero-order valence-corrected chi connectivity index (χ0v) is 14.1. The Bertz CT molecular complexity index is 596. The Balaban J connectivity index is 2.22. The highest BCUT2D eigenvalue weighted by Gasteiger charge is 2.18. The lowest BCUT2D eigenvalue weighted by Gasteiger charge is -2.12. The largest absolute Gasteiger partial charge is 0.480 e. The number of hydrogen-bond acceptors (Lipinski definition) is 5. The van der Waals surface area contributed by atoms with Gasteiger partial charge in [0.15, 0.2) is 0 Å². The van der Waals surface area contributed by atoms with Crippen LogP contribution in [0.1, 0.15) is 37.0 Å². The van der Waals surface area contributed by atoms with Crippen molar-refractivity contribution in [2.75, 3.05) is 7.11 Å². The molecule has 0 saturated carbocycles. The molecule has 0 aliphatic heterocycles. The third-order valence-corrected chi connectivity index (χ3v) is 4.27. The number of halogens is 1. The van der Waals surface area contributed by atoms with E-state index in [0.29, 0.717) is 12.3 Å². The second-order valence-corrected chi connectivity index (χ2v) is 5.48. The summed E-state index contributed by atoms with van der Waals surface area (Å²) in [6.07, 6.45) is 1.54. The Kier molecular flexibility index (Phi) is 5.30. The smallest absolute Gasteiger partial charge is 0.233 e. The van der Waals surface area contributed by atoms with Crippen molar-refractivity contribution in [3.05, 3.63) is 33.7 Å². The molecule has 0 bridgehead atoms. The van der Waals surface area contributed by atoms with E-state index in [9.17, 15) is 0 Å². The first-order valence-corrected chi connectivity index (χ1v) is 7.77. The van der Waals surface area contributed by atoms with Crippen molar-refractivity contribution in [3.63, 3.8) is 0 Å². The van der Waals surface area contributed by atoms with Gasteiger partial charge in [-0.25, -0.2) is 0 Å². The maximum atomic E-state index is 6.26. The number of nitrogens with zero attached hydrogens (tertiary/aromatic N) is 4. The molecular weight excluding hydrogens is 334 g/mol. The number of aryl methyl sites for hydroxylation is 2. The van der Waals surface area contributed by atoms with Gasteiger partial charge in [0.1, 0.15) is 0 Å². The summed E-state index contributed by atoms with van der Waals surface area (Å²) in [6.45, 7) is 4.97. The molecule has 2 aromatic heterocycles. The van der Waals surface area contributed by atoms with Gasteiger partial charge in [-0.3, -0.25) is 4.68 Å². The molecule has 1 unspecified atom stereocenters. The number of hydrogen-bond donors (Lipinski definition) is 1. The van der Waals surface area contributed by atoms with E-state index >= 15 is 0 Å². The molecule has 21 heavy (non-hydrogen) atoms. The van der Waals surface area contributed by atoms with Gasteiger partial charge in [-0.2, -0.15) is 10.2 Å². The van der Waals surface area contributed by atoms with Gasteiger partial charge in [0.2, 0.25) is 5.88 Å². The summed E-state index contributed by atoms with van der Waals surface area (Å²) in [6, 6.07) is 3.38. The van der Waals surface area contributed by atoms with Crippen LogP contribution in [0, 0.1) is 0 Å². The highest BCUT2D eigenvalue weighted by molar-refractivity contribution is 9.10. The van der Waals surface area contributed by atoms with E-state index in [-0.39, 0.29) is 6.04 Å². The molecule has 1 atom stereocenters. The third-order valence-electron chi connectivity index (χ3n) is 3.36. The minimum atomic E-state index is -0.230. The Hall–Kier alpha value is -1.47. The molecule has 0 amide bonds. The summed E-state index contributed by atoms with van der Waals surface area (Å²) in [5.41, 5.74) is 9.15. The molecule has 2 aromatic rings. The van der Waals surface area contributed by atoms with Crippen LogP contribution in [-0.2, 0) is 19.4 Å². The van der Waals surface area contributed by atoms with E-state index in [1.165, 1.54) is 0 Å². The van der Waals surface area contributed by atoms with Crippen molar-refractivity contribution in [1.29, 1.82) is 0 Å². The van der Waals surface area contributed by atoms with Crippen LogP contribution in [0.2, 0.25) is 0 Å². The van der Waals surface area contributed by atoms with Gasteiger partial charge in [0.25, 0.3) is 0 Å². The molecule has 6 nitrogen and oxygen atoms in total. The molecule has 7 heteroatoms. The first-order valence-electron chi connectivity index (χ1n) is 6.97. The van der Waals surface area contributed by atoms with E-state index in [0.717, 1.165) is 34.5 Å². The predicted octanol–water partition coefficient (Wildman–Crippen LogP) is 2.27. The van der Waals surface area contributed by atoms with Crippen molar-refractivity contribution in [3.8, 4) is 5.88 Å². The van der Waals surface area contributed by atoms with Crippen LogP contribution in [0.3, 0.4) is 0 Å². The first kappa shape index (κ1) is 15.9. The van der Waals surface area contributed by atoms with Gasteiger partial charge >= 0.3 is 0 Å². The Morgan fingerprint density at radius 2 is 2.10 bits per heavy atom. The van der Waals surface area contributed by atoms with E-state index < -0.39 is 0 Å². The molecule has 114 valence electrons. The molecule has 2 N–H and O–H groups in total. The summed E-state index contributed by atoms with van der Waals surface area (Å²) in [7, 11) is 1.56. The maximum absolute atomic E-state index is 6.26. The molecule has 2 heterocycles. The molecular formula is C14H20BrN5O. The summed E-state index contributed by atoms with van der Waals surface area (Å²) in [4.78, 5) is 0. The average Bonchev–Trinajstić information content (AvgIpc) is 2.83. The normalized spacial score (nSPS) is 12.4. The predicted molar refractivity (Wildman–Crippen MR) is 84.2 cm³/mol. The molecule has 0 radical (unpaired) electrons. The van der Waals surface area contributed by atoms with Crippen LogP contribution in [0.25, 0.3) is 0 Å². The maximum Gasteiger partial charge on any atom is 0.233 e. The minimum Gasteiger partial charge on any atom is -0.480 e. The molecule has 0 aromatic carbocycles. The quantitative estimate of drug-likeness (QED) is 0.861. The number of methoxy groups -OCH3 is 1. The van der Waals surface area contributed by atoms with Crippen molar-refractivity contribution in [2.24, 2.45) is 5.73 Å². The lowest BCUT2D eigenvalue weighted by atomic mass is 10.1. The molecule has 0 aliphatic rings. The van der Waals surface area contributed by atoms with Crippen LogP contribution in [0.4, 0.5) is 0 Å². The fourth-order valence-corrected chi connectivity index (χ4v) is 2.89. The van der Waals surface area contributed by atoms with E-state index in [4.69, 9.17) is 10.5 Å². The average molecular weight is 354 g/mol. The van der Waals surface area contributed by atoms with Crippen LogP contribution < -0.4 is 10.5 Å². The molecule has 0 spiro atoms. The molecule has 0 aliphatic carbocycles. The monoisotopic (exact) mass is 353 g/mol. The second kappa shape index (κ2) is 7.00. The van der Waals surface area contributed by atoms with Gasteiger partial charge in [-0.15, -0.1) is 5.10 Å². The van der Waals surface area contributed by atoms with Crippen molar-refractivity contribution in [1.82, 2.24) is 20.0 Å². The van der Waals surface area contributed by atoms with E-state index in [1.54, 1.807) is 13.2 Å². The highest BCUT2D eigenvalue weighted by atomic mass is 79.9. The molecule has 0 fully saturated rings. The zero-order chi connectivity index (χ0) is 15.4. The second-order valence-electron chi connectivity index (χ2n) is 4.69. The molecule has 2 rings (SSSR count). The Morgan fingerprint density at radius 1 is 1.33 bits per heavy atom. The van der Waals surface area contributed by atoms with Gasteiger partial charge in [-0.1, -0.05) is 6.92 Å². The third kappa shape index (κ3) is 3.41. The lowest BCUT2D eigenvalue weighted by Crippen LogP contribution is -2.18. The van der Waals surface area contributed by atoms with Gasteiger partial charge in [-0.05, 0) is 35.3 Å². The van der Waals surface area contributed by atoms with Crippen LogP contribution >= 0.6 is 15.9 Å². The fraction of sp³-hybridized carbons (Fsp3) is 0.500. The minimum absolute atomic E-state index is 0.230.